The summed E-state index contributed by atoms with van der Waals surface area (Å²) in [5.74, 6) is 0.221. The van der Waals surface area contributed by atoms with Gasteiger partial charge in [-0.3, -0.25) is 0 Å². The van der Waals surface area contributed by atoms with Crippen LogP contribution in [0.4, 0.5) is 13.2 Å². The maximum Gasteiger partial charge on any atom is 0.390 e. The molecule has 0 aromatic heterocycles. The molecule has 2 N–H and O–H groups in total. The number of hydrogen-bond acceptors (Lipinski definition) is 3. The van der Waals surface area contributed by atoms with Crippen LogP contribution in [0, 0.1) is 5.92 Å². The highest BCUT2D eigenvalue weighted by Gasteiger charge is 2.28. The second-order valence-corrected chi connectivity index (χ2v) is 4.35. The minimum atomic E-state index is -4.18. The number of rotatable bonds is 7. The Balaban J connectivity index is 4.10. The van der Waals surface area contributed by atoms with E-state index in [0.717, 1.165) is 0 Å². The van der Waals surface area contributed by atoms with Crippen molar-refractivity contribution in [1.29, 1.82) is 0 Å². The summed E-state index contributed by atoms with van der Waals surface area (Å²) in [6, 6.07) is 0. The third-order valence-corrected chi connectivity index (χ3v) is 2.01. The van der Waals surface area contributed by atoms with Crippen molar-refractivity contribution in [2.24, 2.45) is 5.92 Å². The monoisotopic (exact) mass is 243 g/mol. The van der Waals surface area contributed by atoms with Crippen molar-refractivity contribution in [2.75, 3.05) is 26.2 Å². The molecule has 0 unspecified atom stereocenters. The lowest BCUT2D eigenvalue weighted by molar-refractivity contribution is -0.139. The van der Waals surface area contributed by atoms with Crippen LogP contribution in [-0.4, -0.2) is 53.6 Å². The molecule has 6 heteroatoms. The molecule has 0 aliphatic carbocycles. The van der Waals surface area contributed by atoms with Crippen molar-refractivity contribution < 1.29 is 23.4 Å². The van der Waals surface area contributed by atoms with Gasteiger partial charge in [0.15, 0.2) is 0 Å². The van der Waals surface area contributed by atoms with Crippen LogP contribution in [0.2, 0.25) is 0 Å². The number of aliphatic hydroxyl groups is 2. The fourth-order valence-electron chi connectivity index (χ4n) is 1.41. The summed E-state index contributed by atoms with van der Waals surface area (Å²) in [5, 5.41) is 17.8. The topological polar surface area (TPSA) is 43.7 Å². The zero-order valence-corrected chi connectivity index (χ0v) is 9.67. The summed E-state index contributed by atoms with van der Waals surface area (Å²) < 4.78 is 36.1. The molecule has 0 spiro atoms. The van der Waals surface area contributed by atoms with Crippen molar-refractivity contribution in [1.82, 2.24) is 4.90 Å². The molecule has 0 amide bonds. The molecule has 0 aromatic rings. The second kappa shape index (κ2) is 7.09. The maximum absolute atomic E-state index is 12.0. The van der Waals surface area contributed by atoms with Crippen LogP contribution in [0.25, 0.3) is 0 Å². The normalized spacial score (nSPS) is 14.8. The van der Waals surface area contributed by atoms with Crippen molar-refractivity contribution in [3.05, 3.63) is 0 Å². The van der Waals surface area contributed by atoms with Crippen LogP contribution in [0.5, 0.6) is 0 Å². The van der Waals surface area contributed by atoms with Gasteiger partial charge in [0.2, 0.25) is 0 Å². The van der Waals surface area contributed by atoms with Crippen molar-refractivity contribution in [2.45, 2.75) is 32.5 Å². The number of alkyl halides is 3. The van der Waals surface area contributed by atoms with E-state index in [1.807, 2.05) is 13.8 Å². The summed E-state index contributed by atoms with van der Waals surface area (Å²) in [4.78, 5) is 1.53. The molecule has 0 saturated heterocycles. The van der Waals surface area contributed by atoms with Gasteiger partial charge in [-0.05, 0) is 5.92 Å². The van der Waals surface area contributed by atoms with Gasteiger partial charge in [-0.1, -0.05) is 13.8 Å². The molecule has 0 fully saturated rings. The third-order valence-electron chi connectivity index (χ3n) is 2.01. The molecule has 0 saturated carbocycles. The maximum atomic E-state index is 12.0. The molecule has 0 heterocycles. The largest absolute Gasteiger partial charge is 0.394 e. The van der Waals surface area contributed by atoms with Crippen LogP contribution >= 0.6 is 0 Å². The van der Waals surface area contributed by atoms with Gasteiger partial charge in [0.05, 0.1) is 19.1 Å². The van der Waals surface area contributed by atoms with Crippen LogP contribution in [-0.2, 0) is 0 Å². The lowest BCUT2D eigenvalue weighted by Gasteiger charge is -2.26. The molecular formula is C10H20F3NO2. The van der Waals surface area contributed by atoms with E-state index >= 15 is 0 Å². The van der Waals surface area contributed by atoms with Crippen LogP contribution in [0.3, 0.4) is 0 Å². The number of nitrogens with zero attached hydrogens (tertiary/aromatic N) is 1. The van der Waals surface area contributed by atoms with Crippen LogP contribution in [0.1, 0.15) is 20.3 Å². The first kappa shape index (κ1) is 15.7. The lowest BCUT2D eigenvalue weighted by Crippen LogP contribution is -2.38. The van der Waals surface area contributed by atoms with E-state index in [1.165, 1.54) is 4.90 Å². The van der Waals surface area contributed by atoms with E-state index < -0.39 is 25.3 Å². The average Bonchev–Trinajstić information content (AvgIpc) is 2.12. The summed E-state index contributed by atoms with van der Waals surface area (Å²) in [7, 11) is 0. The van der Waals surface area contributed by atoms with Gasteiger partial charge in [0.1, 0.15) is 0 Å². The first-order chi connectivity index (χ1) is 7.24. The minimum absolute atomic E-state index is 0.0742. The van der Waals surface area contributed by atoms with Gasteiger partial charge in [-0.15, -0.1) is 0 Å². The molecule has 0 aliphatic rings. The minimum Gasteiger partial charge on any atom is -0.394 e. The third kappa shape index (κ3) is 8.94. The molecule has 0 aliphatic heterocycles. The number of aliphatic hydroxyl groups excluding tert-OH is 2. The zero-order valence-electron chi connectivity index (χ0n) is 9.67. The van der Waals surface area contributed by atoms with E-state index in [4.69, 9.17) is 5.11 Å². The van der Waals surface area contributed by atoms with Gasteiger partial charge in [-0.2, -0.15) is 13.2 Å². The van der Waals surface area contributed by atoms with Crippen molar-refractivity contribution in [3.63, 3.8) is 0 Å². The smallest absolute Gasteiger partial charge is 0.390 e. The summed E-state index contributed by atoms with van der Waals surface area (Å²) >= 11 is 0. The predicted octanol–water partition coefficient (Wildman–Crippen LogP) is 1.25. The van der Waals surface area contributed by atoms with E-state index in [0.29, 0.717) is 6.54 Å². The average molecular weight is 243 g/mol. The highest BCUT2D eigenvalue weighted by atomic mass is 19.4. The molecule has 0 rings (SSSR count). The Hall–Kier alpha value is -0.330. The van der Waals surface area contributed by atoms with Crippen molar-refractivity contribution >= 4 is 0 Å². The Morgan fingerprint density at radius 3 is 2.12 bits per heavy atom. The van der Waals surface area contributed by atoms with Gasteiger partial charge >= 0.3 is 6.18 Å². The number of hydrogen-bond donors (Lipinski definition) is 2. The van der Waals surface area contributed by atoms with E-state index in [9.17, 15) is 18.3 Å². The molecule has 0 bridgehead atoms. The van der Waals surface area contributed by atoms with E-state index in [2.05, 4.69) is 0 Å². The Morgan fingerprint density at radius 1 is 1.19 bits per heavy atom. The van der Waals surface area contributed by atoms with Gasteiger partial charge in [0.25, 0.3) is 0 Å². The fourth-order valence-corrected chi connectivity index (χ4v) is 1.41. The number of halogens is 3. The van der Waals surface area contributed by atoms with E-state index in [-0.39, 0.29) is 19.0 Å². The fraction of sp³-hybridized carbons (Fsp3) is 1.00. The molecule has 16 heavy (non-hydrogen) atoms. The standard InChI is InChI=1S/C10H20F3NO2/c1-8(2)5-14(6-9(16)7-15)4-3-10(11,12)13/h8-9,15-16H,3-7H2,1-2H3/t9-/m0/s1. The van der Waals surface area contributed by atoms with Gasteiger partial charge in [-0.25, -0.2) is 0 Å². The zero-order chi connectivity index (χ0) is 12.8. The summed E-state index contributed by atoms with van der Waals surface area (Å²) in [6.45, 7) is 3.77. The molecule has 98 valence electrons. The lowest BCUT2D eigenvalue weighted by atomic mass is 10.2. The summed E-state index contributed by atoms with van der Waals surface area (Å²) in [6.07, 6.45) is -6.05. The van der Waals surface area contributed by atoms with Gasteiger partial charge in [0, 0.05) is 19.6 Å². The highest BCUT2D eigenvalue weighted by molar-refractivity contribution is 4.67. The Labute approximate surface area is 93.9 Å². The SMILES string of the molecule is CC(C)CN(CCC(F)(F)F)C[C@H](O)CO. The Morgan fingerprint density at radius 2 is 1.75 bits per heavy atom. The molecule has 3 nitrogen and oxygen atoms in total. The molecular weight excluding hydrogens is 223 g/mol. The first-order valence-electron chi connectivity index (χ1n) is 5.32. The van der Waals surface area contributed by atoms with Gasteiger partial charge < -0.3 is 15.1 Å². The molecule has 0 aromatic carbocycles. The Kier molecular flexibility index (Phi) is 6.94. The first-order valence-corrected chi connectivity index (χ1v) is 5.32. The second-order valence-electron chi connectivity index (χ2n) is 4.35. The molecule has 0 radical (unpaired) electrons. The highest BCUT2D eigenvalue weighted by Crippen LogP contribution is 2.20. The van der Waals surface area contributed by atoms with E-state index in [1.54, 1.807) is 0 Å². The quantitative estimate of drug-likeness (QED) is 0.707. The molecule has 1 atom stereocenters. The van der Waals surface area contributed by atoms with Crippen molar-refractivity contribution in [3.8, 4) is 0 Å². The van der Waals surface area contributed by atoms with Crippen LogP contribution in [0.15, 0.2) is 0 Å². The van der Waals surface area contributed by atoms with Crippen LogP contribution < -0.4 is 0 Å². The predicted molar refractivity (Wildman–Crippen MR) is 55.0 cm³/mol. The Bertz CT molecular complexity index is 185. The summed E-state index contributed by atoms with van der Waals surface area (Å²) in [5.41, 5.74) is 0.